The summed E-state index contributed by atoms with van der Waals surface area (Å²) in [5.41, 5.74) is 1.10. The Balaban J connectivity index is 2.06. The first-order valence-electron chi connectivity index (χ1n) is 6.57. The fourth-order valence-corrected chi connectivity index (χ4v) is 2.08. The summed E-state index contributed by atoms with van der Waals surface area (Å²) < 4.78 is 16.2. The van der Waals surface area contributed by atoms with Crippen molar-refractivity contribution < 1.29 is 19.0 Å². The third kappa shape index (κ3) is 2.46. The molecule has 0 saturated heterocycles. The summed E-state index contributed by atoms with van der Waals surface area (Å²) in [6, 6.07) is 12.1. The van der Waals surface area contributed by atoms with Crippen LogP contribution < -0.4 is 9.47 Å². The van der Waals surface area contributed by atoms with E-state index in [2.05, 4.69) is 10.2 Å². The van der Waals surface area contributed by atoms with E-state index in [1.807, 2.05) is 0 Å². The molecule has 0 radical (unpaired) electrons. The molecule has 1 heterocycles. The van der Waals surface area contributed by atoms with E-state index < -0.39 is 0 Å². The lowest BCUT2D eigenvalue weighted by molar-refractivity contribution is 0.403. The Labute approximate surface area is 126 Å². The van der Waals surface area contributed by atoms with E-state index in [-0.39, 0.29) is 17.5 Å². The number of phenolic OH excluding ortho intramolecular Hbond substituents is 1. The fourth-order valence-electron chi connectivity index (χ4n) is 2.08. The van der Waals surface area contributed by atoms with Crippen molar-refractivity contribution in [2.75, 3.05) is 14.2 Å². The molecule has 6 heteroatoms. The maximum Gasteiger partial charge on any atom is 0.252 e. The fraction of sp³-hybridized carbons (Fsp3) is 0.125. The van der Waals surface area contributed by atoms with Crippen LogP contribution in [0.2, 0.25) is 0 Å². The highest BCUT2D eigenvalue weighted by Gasteiger charge is 2.17. The summed E-state index contributed by atoms with van der Waals surface area (Å²) in [5, 5.41) is 17.9. The van der Waals surface area contributed by atoms with Crippen molar-refractivity contribution in [3.8, 4) is 40.2 Å². The predicted molar refractivity (Wildman–Crippen MR) is 79.9 cm³/mol. The first-order chi connectivity index (χ1) is 10.7. The van der Waals surface area contributed by atoms with E-state index >= 15 is 0 Å². The van der Waals surface area contributed by atoms with Crippen LogP contribution in [0, 0.1) is 0 Å². The van der Waals surface area contributed by atoms with E-state index in [1.54, 1.807) is 56.7 Å². The average molecular weight is 298 g/mol. The van der Waals surface area contributed by atoms with Crippen LogP contribution in [0.3, 0.4) is 0 Å². The van der Waals surface area contributed by atoms with Crippen LogP contribution in [0.5, 0.6) is 17.2 Å². The highest BCUT2D eigenvalue weighted by atomic mass is 16.5. The van der Waals surface area contributed by atoms with Crippen molar-refractivity contribution in [1.82, 2.24) is 10.2 Å². The topological polar surface area (TPSA) is 77.6 Å². The number of ether oxygens (including phenoxy) is 2. The highest BCUT2D eigenvalue weighted by molar-refractivity contribution is 5.67. The summed E-state index contributed by atoms with van der Waals surface area (Å²) >= 11 is 0. The molecular formula is C16H14N2O4. The van der Waals surface area contributed by atoms with Gasteiger partial charge < -0.3 is 19.0 Å². The molecule has 0 bridgehead atoms. The van der Waals surface area contributed by atoms with Crippen molar-refractivity contribution in [2.45, 2.75) is 0 Å². The Morgan fingerprint density at radius 1 is 0.909 bits per heavy atom. The molecule has 1 aromatic heterocycles. The average Bonchev–Trinajstić information content (AvgIpc) is 3.04. The quantitative estimate of drug-likeness (QED) is 0.797. The van der Waals surface area contributed by atoms with Gasteiger partial charge in [0.15, 0.2) is 0 Å². The van der Waals surface area contributed by atoms with Crippen LogP contribution in [0.1, 0.15) is 0 Å². The zero-order valence-corrected chi connectivity index (χ0v) is 12.1. The van der Waals surface area contributed by atoms with Gasteiger partial charge in [-0.05, 0) is 30.3 Å². The molecule has 0 saturated carbocycles. The number of hydrogen-bond donors (Lipinski definition) is 1. The van der Waals surface area contributed by atoms with Gasteiger partial charge in [0.1, 0.15) is 17.2 Å². The zero-order valence-electron chi connectivity index (χ0n) is 12.1. The molecule has 0 unspecified atom stereocenters. The third-order valence-electron chi connectivity index (χ3n) is 3.20. The minimum atomic E-state index is 0.0790. The monoisotopic (exact) mass is 298 g/mol. The zero-order chi connectivity index (χ0) is 15.5. The molecule has 0 aliphatic rings. The van der Waals surface area contributed by atoms with E-state index in [1.165, 1.54) is 0 Å². The Morgan fingerprint density at radius 3 is 2.32 bits per heavy atom. The Morgan fingerprint density at radius 2 is 1.64 bits per heavy atom. The second-order valence-electron chi connectivity index (χ2n) is 4.50. The summed E-state index contributed by atoms with van der Waals surface area (Å²) in [6.07, 6.45) is 0. The molecule has 2 aromatic carbocycles. The lowest BCUT2D eigenvalue weighted by Gasteiger charge is -2.07. The first kappa shape index (κ1) is 13.9. The molecule has 0 amide bonds. The van der Waals surface area contributed by atoms with Crippen LogP contribution in [0.15, 0.2) is 46.9 Å². The maximum atomic E-state index is 9.85. The van der Waals surface area contributed by atoms with Gasteiger partial charge in [0, 0.05) is 0 Å². The summed E-state index contributed by atoms with van der Waals surface area (Å²) in [7, 11) is 3.14. The molecule has 0 fully saturated rings. The predicted octanol–water partition coefficient (Wildman–Crippen LogP) is 3.13. The summed E-state index contributed by atoms with van der Waals surface area (Å²) in [4.78, 5) is 0. The molecule has 0 spiro atoms. The van der Waals surface area contributed by atoms with E-state index in [0.717, 1.165) is 0 Å². The van der Waals surface area contributed by atoms with Gasteiger partial charge in [0.2, 0.25) is 0 Å². The lowest BCUT2D eigenvalue weighted by Crippen LogP contribution is -1.90. The molecule has 112 valence electrons. The van der Waals surface area contributed by atoms with Gasteiger partial charge in [-0.25, -0.2) is 0 Å². The van der Waals surface area contributed by atoms with E-state index in [9.17, 15) is 5.11 Å². The standard InChI is InChI=1S/C16H14N2O4/c1-20-10-7-8-14(21-2)12(9-10)16-18-17-15(22-16)11-5-3-4-6-13(11)19/h3-9,19H,1-2H3. The van der Waals surface area contributed by atoms with Gasteiger partial charge in [-0.3, -0.25) is 0 Å². The molecule has 6 nitrogen and oxygen atoms in total. The van der Waals surface area contributed by atoms with Gasteiger partial charge in [-0.1, -0.05) is 12.1 Å². The van der Waals surface area contributed by atoms with Crippen LogP contribution in [-0.2, 0) is 0 Å². The van der Waals surface area contributed by atoms with Gasteiger partial charge in [0.25, 0.3) is 11.8 Å². The van der Waals surface area contributed by atoms with Gasteiger partial charge in [0.05, 0.1) is 25.3 Å². The lowest BCUT2D eigenvalue weighted by atomic mass is 10.2. The minimum absolute atomic E-state index is 0.0790. The Kier molecular flexibility index (Phi) is 3.65. The second-order valence-corrected chi connectivity index (χ2v) is 4.50. The molecule has 0 aliphatic carbocycles. The van der Waals surface area contributed by atoms with Gasteiger partial charge >= 0.3 is 0 Å². The largest absolute Gasteiger partial charge is 0.507 e. The summed E-state index contributed by atoms with van der Waals surface area (Å²) in [6.45, 7) is 0. The van der Waals surface area contributed by atoms with Crippen LogP contribution >= 0.6 is 0 Å². The Bertz CT molecular complexity index is 798. The van der Waals surface area contributed by atoms with Gasteiger partial charge in [-0.2, -0.15) is 0 Å². The smallest absolute Gasteiger partial charge is 0.252 e. The first-order valence-corrected chi connectivity index (χ1v) is 6.57. The normalized spacial score (nSPS) is 10.5. The molecule has 0 aliphatic heterocycles. The number of rotatable bonds is 4. The van der Waals surface area contributed by atoms with Crippen molar-refractivity contribution in [3.63, 3.8) is 0 Å². The molecule has 3 rings (SSSR count). The third-order valence-corrected chi connectivity index (χ3v) is 3.20. The molecule has 3 aromatic rings. The Hall–Kier alpha value is -3.02. The number of methoxy groups -OCH3 is 2. The number of para-hydroxylation sites is 1. The van der Waals surface area contributed by atoms with Crippen LogP contribution in [0.25, 0.3) is 22.9 Å². The van der Waals surface area contributed by atoms with Crippen LogP contribution in [0.4, 0.5) is 0 Å². The molecule has 0 atom stereocenters. The molecular weight excluding hydrogens is 284 g/mol. The number of aromatic nitrogens is 2. The van der Waals surface area contributed by atoms with Crippen molar-refractivity contribution in [1.29, 1.82) is 0 Å². The maximum absolute atomic E-state index is 9.85. The SMILES string of the molecule is COc1ccc(OC)c(-c2nnc(-c3ccccc3O)o2)c1. The number of benzene rings is 2. The molecule has 22 heavy (non-hydrogen) atoms. The van der Waals surface area contributed by atoms with E-state index in [0.29, 0.717) is 22.6 Å². The number of aromatic hydroxyl groups is 1. The van der Waals surface area contributed by atoms with E-state index in [4.69, 9.17) is 13.9 Å². The van der Waals surface area contributed by atoms with Crippen molar-refractivity contribution >= 4 is 0 Å². The molecule has 1 N–H and O–H groups in total. The van der Waals surface area contributed by atoms with Crippen LogP contribution in [-0.4, -0.2) is 29.5 Å². The minimum Gasteiger partial charge on any atom is -0.507 e. The second kappa shape index (κ2) is 5.77. The number of hydrogen-bond acceptors (Lipinski definition) is 6. The number of nitrogens with zero attached hydrogens (tertiary/aromatic N) is 2. The van der Waals surface area contributed by atoms with Gasteiger partial charge in [-0.15, -0.1) is 10.2 Å². The van der Waals surface area contributed by atoms with Crippen molar-refractivity contribution in [2.24, 2.45) is 0 Å². The highest BCUT2D eigenvalue weighted by Crippen LogP contribution is 2.35. The summed E-state index contributed by atoms with van der Waals surface area (Å²) in [5.74, 6) is 1.84. The number of phenols is 1. The van der Waals surface area contributed by atoms with Crippen molar-refractivity contribution in [3.05, 3.63) is 42.5 Å².